The monoisotopic (exact) mass is 293 g/mol. The van der Waals surface area contributed by atoms with E-state index in [4.69, 9.17) is 4.74 Å². The van der Waals surface area contributed by atoms with E-state index in [0.29, 0.717) is 18.7 Å². The van der Waals surface area contributed by atoms with Crippen LogP contribution in [-0.4, -0.2) is 48.2 Å². The van der Waals surface area contributed by atoms with Crippen LogP contribution in [0.4, 0.5) is 4.39 Å². The van der Waals surface area contributed by atoms with Crippen molar-refractivity contribution in [3.05, 3.63) is 35.6 Å². The van der Waals surface area contributed by atoms with Crippen molar-refractivity contribution in [2.24, 2.45) is 11.3 Å². The van der Waals surface area contributed by atoms with Gasteiger partial charge in [0.1, 0.15) is 11.2 Å². The topological polar surface area (TPSA) is 66.8 Å². The van der Waals surface area contributed by atoms with Crippen LogP contribution in [0.2, 0.25) is 0 Å². The van der Waals surface area contributed by atoms with Gasteiger partial charge in [-0.15, -0.1) is 0 Å². The summed E-state index contributed by atoms with van der Waals surface area (Å²) in [6, 6.07) is 5.90. The third-order valence-electron chi connectivity index (χ3n) is 4.40. The molecule has 6 heteroatoms. The number of benzene rings is 1. The number of carbonyl (C=O) groups excluding carboxylic acids is 1. The van der Waals surface area contributed by atoms with Gasteiger partial charge in [-0.3, -0.25) is 9.59 Å². The summed E-state index contributed by atoms with van der Waals surface area (Å²) >= 11 is 0. The van der Waals surface area contributed by atoms with E-state index in [9.17, 15) is 19.1 Å². The summed E-state index contributed by atoms with van der Waals surface area (Å²) in [5, 5.41) is 9.43. The molecule has 0 unspecified atom stereocenters. The predicted octanol–water partition coefficient (Wildman–Crippen LogP) is 0.928. The van der Waals surface area contributed by atoms with E-state index in [1.165, 1.54) is 12.1 Å². The molecule has 5 nitrogen and oxygen atoms in total. The second-order valence-electron chi connectivity index (χ2n) is 5.75. The lowest BCUT2D eigenvalue weighted by Gasteiger charge is -2.22. The SMILES string of the molecule is O=C(Cc1cccc(F)c1)N1C[C@@H]2COC[C@]2(C(=O)O)C1. The van der Waals surface area contributed by atoms with Crippen molar-refractivity contribution in [2.75, 3.05) is 26.3 Å². The van der Waals surface area contributed by atoms with Gasteiger partial charge in [-0.25, -0.2) is 4.39 Å². The highest BCUT2D eigenvalue weighted by Crippen LogP contribution is 2.41. The summed E-state index contributed by atoms with van der Waals surface area (Å²) in [6.07, 6.45) is 0.0844. The van der Waals surface area contributed by atoms with Crippen LogP contribution in [0.5, 0.6) is 0 Å². The molecule has 2 atom stereocenters. The normalized spacial score (nSPS) is 27.7. The van der Waals surface area contributed by atoms with Gasteiger partial charge in [0, 0.05) is 19.0 Å². The molecule has 2 aliphatic heterocycles. The van der Waals surface area contributed by atoms with Crippen molar-refractivity contribution in [2.45, 2.75) is 6.42 Å². The van der Waals surface area contributed by atoms with E-state index in [-0.39, 0.29) is 37.2 Å². The number of ether oxygens (including phenoxy) is 1. The van der Waals surface area contributed by atoms with E-state index < -0.39 is 11.4 Å². The summed E-state index contributed by atoms with van der Waals surface area (Å²) in [5.41, 5.74) is -0.380. The van der Waals surface area contributed by atoms with Crippen LogP contribution in [0.15, 0.2) is 24.3 Å². The Labute approximate surface area is 121 Å². The van der Waals surface area contributed by atoms with E-state index in [0.717, 1.165) is 0 Å². The van der Waals surface area contributed by atoms with Crippen LogP contribution in [0.25, 0.3) is 0 Å². The Hall–Kier alpha value is -1.95. The first-order chi connectivity index (χ1) is 10.0. The Morgan fingerprint density at radius 1 is 1.48 bits per heavy atom. The Morgan fingerprint density at radius 3 is 2.95 bits per heavy atom. The molecule has 2 heterocycles. The lowest BCUT2D eigenvalue weighted by molar-refractivity contribution is -0.149. The number of nitrogens with zero attached hydrogens (tertiary/aromatic N) is 1. The molecule has 3 rings (SSSR count). The van der Waals surface area contributed by atoms with Crippen LogP contribution in [-0.2, 0) is 20.7 Å². The molecule has 1 aromatic rings. The molecule has 0 aliphatic carbocycles. The highest BCUT2D eigenvalue weighted by atomic mass is 19.1. The van der Waals surface area contributed by atoms with Crippen LogP contribution < -0.4 is 0 Å². The van der Waals surface area contributed by atoms with E-state index in [1.807, 2.05) is 0 Å². The smallest absolute Gasteiger partial charge is 0.314 e. The molecule has 0 aromatic heterocycles. The molecule has 0 radical (unpaired) electrons. The molecular formula is C15H16FNO4. The first-order valence-corrected chi connectivity index (χ1v) is 6.85. The van der Waals surface area contributed by atoms with E-state index in [1.54, 1.807) is 17.0 Å². The van der Waals surface area contributed by atoms with Crippen LogP contribution >= 0.6 is 0 Å². The molecular weight excluding hydrogens is 277 g/mol. The maximum Gasteiger partial charge on any atom is 0.314 e. The Kier molecular flexibility index (Phi) is 3.41. The van der Waals surface area contributed by atoms with Gasteiger partial charge < -0.3 is 14.7 Å². The van der Waals surface area contributed by atoms with Crippen LogP contribution in [0, 0.1) is 17.2 Å². The molecule has 21 heavy (non-hydrogen) atoms. The highest BCUT2D eigenvalue weighted by molar-refractivity contribution is 5.82. The number of carboxylic acids is 1. The fraction of sp³-hybridized carbons (Fsp3) is 0.467. The number of fused-ring (bicyclic) bond motifs is 1. The molecule has 2 fully saturated rings. The van der Waals surface area contributed by atoms with Crippen molar-refractivity contribution < 1.29 is 23.8 Å². The summed E-state index contributed by atoms with van der Waals surface area (Å²) in [5.74, 6) is -1.62. The first-order valence-electron chi connectivity index (χ1n) is 6.85. The zero-order valence-corrected chi connectivity index (χ0v) is 11.4. The van der Waals surface area contributed by atoms with Crippen molar-refractivity contribution in [3.8, 4) is 0 Å². The number of halogens is 1. The van der Waals surface area contributed by atoms with E-state index in [2.05, 4.69) is 0 Å². The fourth-order valence-electron chi connectivity index (χ4n) is 3.16. The summed E-state index contributed by atoms with van der Waals surface area (Å²) < 4.78 is 18.4. The number of aliphatic carboxylic acids is 1. The van der Waals surface area contributed by atoms with Gasteiger partial charge in [0.25, 0.3) is 0 Å². The summed E-state index contributed by atoms with van der Waals surface area (Å²) in [4.78, 5) is 25.4. The Balaban J connectivity index is 1.71. The van der Waals surface area contributed by atoms with Gasteiger partial charge in [0.05, 0.1) is 19.6 Å². The first kappa shape index (κ1) is 14.0. The molecule has 112 valence electrons. The van der Waals surface area contributed by atoms with Crippen molar-refractivity contribution in [3.63, 3.8) is 0 Å². The number of carbonyl (C=O) groups is 2. The van der Waals surface area contributed by atoms with Gasteiger partial charge in [-0.05, 0) is 17.7 Å². The van der Waals surface area contributed by atoms with Gasteiger partial charge >= 0.3 is 5.97 Å². The van der Waals surface area contributed by atoms with Crippen molar-refractivity contribution >= 4 is 11.9 Å². The average Bonchev–Trinajstić information content (AvgIpc) is 2.95. The minimum Gasteiger partial charge on any atom is -0.481 e. The number of hydrogen-bond donors (Lipinski definition) is 1. The number of hydrogen-bond acceptors (Lipinski definition) is 3. The Morgan fingerprint density at radius 2 is 2.29 bits per heavy atom. The number of rotatable bonds is 3. The zero-order valence-electron chi connectivity index (χ0n) is 11.4. The largest absolute Gasteiger partial charge is 0.481 e. The third-order valence-corrected chi connectivity index (χ3v) is 4.40. The Bertz CT molecular complexity index is 591. The molecule has 0 saturated carbocycles. The lowest BCUT2D eigenvalue weighted by Crippen LogP contribution is -2.40. The quantitative estimate of drug-likeness (QED) is 0.900. The maximum absolute atomic E-state index is 13.1. The molecule has 1 amide bonds. The number of carboxylic acid groups (broad SMARTS) is 1. The van der Waals surface area contributed by atoms with Gasteiger partial charge in [0.15, 0.2) is 0 Å². The zero-order chi connectivity index (χ0) is 15.0. The van der Waals surface area contributed by atoms with Crippen LogP contribution in [0.3, 0.4) is 0 Å². The number of likely N-dealkylation sites (tertiary alicyclic amines) is 1. The molecule has 1 N–H and O–H groups in total. The second kappa shape index (κ2) is 5.11. The fourth-order valence-corrected chi connectivity index (χ4v) is 3.16. The minimum atomic E-state index is -0.975. The molecule has 0 spiro atoms. The molecule has 2 aliphatic rings. The van der Waals surface area contributed by atoms with Gasteiger partial charge in [-0.2, -0.15) is 0 Å². The third kappa shape index (κ3) is 2.40. The molecule has 1 aromatic carbocycles. The van der Waals surface area contributed by atoms with Crippen molar-refractivity contribution in [1.29, 1.82) is 0 Å². The number of amides is 1. The predicted molar refractivity (Wildman–Crippen MR) is 71.1 cm³/mol. The summed E-state index contributed by atoms with van der Waals surface area (Å²) in [7, 11) is 0. The maximum atomic E-state index is 13.1. The minimum absolute atomic E-state index is 0.0844. The second-order valence-corrected chi connectivity index (χ2v) is 5.75. The van der Waals surface area contributed by atoms with E-state index >= 15 is 0 Å². The average molecular weight is 293 g/mol. The molecule has 0 bridgehead atoms. The lowest BCUT2D eigenvalue weighted by atomic mass is 9.81. The van der Waals surface area contributed by atoms with Crippen molar-refractivity contribution in [1.82, 2.24) is 4.90 Å². The molecule has 2 saturated heterocycles. The van der Waals surface area contributed by atoms with Crippen LogP contribution in [0.1, 0.15) is 5.56 Å². The van der Waals surface area contributed by atoms with Gasteiger partial charge in [-0.1, -0.05) is 12.1 Å². The standard InChI is InChI=1S/C15H16FNO4/c16-12-3-1-2-10(4-12)5-13(18)17-6-11-7-21-9-15(11,8-17)14(19)20/h1-4,11H,5-9H2,(H,19,20)/t11-,15-/m1/s1. The summed E-state index contributed by atoms with van der Waals surface area (Å²) in [6.45, 7) is 1.08. The highest BCUT2D eigenvalue weighted by Gasteiger charge is 2.57. The van der Waals surface area contributed by atoms with Gasteiger partial charge in [0.2, 0.25) is 5.91 Å².